The fourth-order valence-corrected chi connectivity index (χ4v) is 1.52. The molecule has 2 aromatic rings. The Kier molecular flexibility index (Phi) is 3.57. The third-order valence-corrected chi connectivity index (χ3v) is 2.60. The van der Waals surface area contributed by atoms with Crippen LogP contribution in [0, 0.1) is 5.82 Å². The second-order valence-electron chi connectivity index (χ2n) is 4.01. The molecule has 0 unspecified atom stereocenters. The van der Waals surface area contributed by atoms with E-state index in [1.807, 2.05) is 0 Å². The van der Waals surface area contributed by atoms with Gasteiger partial charge in [0.25, 0.3) is 0 Å². The number of benzene rings is 1. The van der Waals surface area contributed by atoms with E-state index in [9.17, 15) is 9.50 Å². The molecule has 96 valence electrons. The molecule has 0 spiro atoms. The zero-order valence-electron chi connectivity index (χ0n) is 10.2. The molecule has 0 saturated heterocycles. The molecule has 1 aromatic carbocycles. The zero-order valence-corrected chi connectivity index (χ0v) is 10.2. The first kappa shape index (κ1) is 12.5. The van der Waals surface area contributed by atoms with Gasteiger partial charge in [-0.25, -0.2) is 4.39 Å². The first-order valence-electron chi connectivity index (χ1n) is 5.51. The van der Waals surface area contributed by atoms with Crippen LogP contribution in [0.3, 0.4) is 0 Å². The minimum Gasteiger partial charge on any atom is -0.486 e. The Morgan fingerprint density at radius 2 is 2.28 bits per heavy atom. The summed E-state index contributed by atoms with van der Waals surface area (Å²) >= 11 is 0. The molecule has 0 amide bonds. The van der Waals surface area contributed by atoms with Gasteiger partial charge < -0.3 is 14.4 Å². The third kappa shape index (κ3) is 2.65. The number of aliphatic hydroxyl groups is 1. The van der Waals surface area contributed by atoms with Crippen LogP contribution in [0.2, 0.25) is 0 Å². The molecule has 1 heterocycles. The van der Waals surface area contributed by atoms with Crippen LogP contribution >= 0.6 is 0 Å². The SMILES string of the molecule is C[C@@H](O)c1ccc(OCc2nncn2C)cc1F. The van der Waals surface area contributed by atoms with Crippen molar-refractivity contribution in [2.75, 3.05) is 0 Å². The summed E-state index contributed by atoms with van der Waals surface area (Å²) in [5.41, 5.74) is 0.251. The summed E-state index contributed by atoms with van der Waals surface area (Å²) in [5.74, 6) is 0.551. The Labute approximate surface area is 104 Å². The minimum atomic E-state index is -0.835. The molecular weight excluding hydrogens is 237 g/mol. The molecule has 1 N–H and O–H groups in total. The van der Waals surface area contributed by atoms with Crippen molar-refractivity contribution in [2.45, 2.75) is 19.6 Å². The van der Waals surface area contributed by atoms with Crippen molar-refractivity contribution in [3.63, 3.8) is 0 Å². The van der Waals surface area contributed by atoms with E-state index in [1.54, 1.807) is 24.0 Å². The molecule has 0 radical (unpaired) electrons. The number of hydrogen-bond donors (Lipinski definition) is 1. The number of aliphatic hydroxyl groups excluding tert-OH is 1. The summed E-state index contributed by atoms with van der Waals surface area (Å²) in [6, 6.07) is 4.37. The van der Waals surface area contributed by atoms with E-state index in [-0.39, 0.29) is 12.2 Å². The van der Waals surface area contributed by atoms with E-state index in [1.165, 1.54) is 19.1 Å². The quantitative estimate of drug-likeness (QED) is 0.896. The topological polar surface area (TPSA) is 60.2 Å². The van der Waals surface area contributed by atoms with Crippen LogP contribution in [0.5, 0.6) is 5.75 Å². The summed E-state index contributed by atoms with van der Waals surface area (Å²) in [6.45, 7) is 1.72. The summed E-state index contributed by atoms with van der Waals surface area (Å²) in [4.78, 5) is 0. The van der Waals surface area contributed by atoms with Crippen molar-refractivity contribution >= 4 is 0 Å². The predicted molar refractivity (Wildman–Crippen MR) is 62.4 cm³/mol. The number of ether oxygens (including phenoxy) is 1. The normalized spacial score (nSPS) is 12.4. The molecule has 0 aliphatic heterocycles. The number of hydrogen-bond acceptors (Lipinski definition) is 4. The van der Waals surface area contributed by atoms with Gasteiger partial charge in [-0.15, -0.1) is 10.2 Å². The van der Waals surface area contributed by atoms with Crippen LogP contribution in [0.4, 0.5) is 4.39 Å². The lowest BCUT2D eigenvalue weighted by atomic mass is 10.1. The number of aromatic nitrogens is 3. The fourth-order valence-electron chi connectivity index (χ4n) is 1.52. The van der Waals surface area contributed by atoms with Gasteiger partial charge in [-0.2, -0.15) is 0 Å². The Balaban J connectivity index is 2.07. The molecule has 5 nitrogen and oxygen atoms in total. The lowest BCUT2D eigenvalue weighted by molar-refractivity contribution is 0.193. The van der Waals surface area contributed by atoms with Gasteiger partial charge in [0.1, 0.15) is 24.5 Å². The fraction of sp³-hybridized carbons (Fsp3) is 0.333. The molecule has 2 rings (SSSR count). The maximum atomic E-state index is 13.6. The average molecular weight is 251 g/mol. The minimum absolute atomic E-state index is 0.212. The van der Waals surface area contributed by atoms with Gasteiger partial charge >= 0.3 is 0 Å². The highest BCUT2D eigenvalue weighted by Gasteiger charge is 2.09. The van der Waals surface area contributed by atoms with Gasteiger partial charge in [0.15, 0.2) is 5.82 Å². The number of aryl methyl sites for hydroxylation is 1. The maximum Gasteiger partial charge on any atom is 0.170 e. The number of rotatable bonds is 4. The van der Waals surface area contributed by atoms with E-state index in [0.29, 0.717) is 11.6 Å². The molecule has 0 saturated carbocycles. The predicted octanol–water partition coefficient (Wildman–Crippen LogP) is 1.59. The van der Waals surface area contributed by atoms with Crippen LogP contribution in [-0.4, -0.2) is 19.9 Å². The van der Waals surface area contributed by atoms with Crippen molar-refractivity contribution in [3.8, 4) is 5.75 Å². The Morgan fingerprint density at radius 3 is 2.83 bits per heavy atom. The largest absolute Gasteiger partial charge is 0.486 e. The van der Waals surface area contributed by atoms with Crippen LogP contribution in [0.15, 0.2) is 24.5 Å². The van der Waals surface area contributed by atoms with Gasteiger partial charge in [0, 0.05) is 18.7 Å². The van der Waals surface area contributed by atoms with Gasteiger partial charge in [0.05, 0.1) is 6.10 Å². The molecule has 0 fully saturated rings. The third-order valence-electron chi connectivity index (χ3n) is 2.60. The molecular formula is C12H14FN3O2. The second kappa shape index (κ2) is 5.14. The van der Waals surface area contributed by atoms with Crippen molar-refractivity contribution in [2.24, 2.45) is 7.05 Å². The summed E-state index contributed by atoms with van der Waals surface area (Å²) < 4.78 is 20.7. The van der Waals surface area contributed by atoms with E-state index in [2.05, 4.69) is 10.2 Å². The van der Waals surface area contributed by atoms with Crippen molar-refractivity contribution in [1.82, 2.24) is 14.8 Å². The first-order valence-corrected chi connectivity index (χ1v) is 5.51. The molecule has 0 bridgehead atoms. The van der Waals surface area contributed by atoms with E-state index in [0.717, 1.165) is 0 Å². The lowest BCUT2D eigenvalue weighted by Gasteiger charge is -2.09. The van der Waals surface area contributed by atoms with Crippen LogP contribution < -0.4 is 4.74 Å². The Bertz CT molecular complexity index is 540. The maximum absolute atomic E-state index is 13.6. The molecule has 0 aliphatic rings. The van der Waals surface area contributed by atoms with Crippen molar-refractivity contribution < 1.29 is 14.2 Å². The highest BCUT2D eigenvalue weighted by atomic mass is 19.1. The standard InChI is InChI=1S/C12H14FN3O2/c1-8(17)10-4-3-9(5-11(10)13)18-6-12-15-14-7-16(12)2/h3-5,7-8,17H,6H2,1-2H3/t8-/m1/s1. The number of nitrogens with zero attached hydrogens (tertiary/aromatic N) is 3. The lowest BCUT2D eigenvalue weighted by Crippen LogP contribution is -2.04. The van der Waals surface area contributed by atoms with Gasteiger partial charge in [-0.3, -0.25) is 0 Å². The second-order valence-corrected chi connectivity index (χ2v) is 4.01. The highest BCUT2D eigenvalue weighted by molar-refractivity contribution is 5.30. The monoisotopic (exact) mass is 251 g/mol. The average Bonchev–Trinajstić information content (AvgIpc) is 2.72. The van der Waals surface area contributed by atoms with Gasteiger partial charge in [-0.05, 0) is 19.1 Å². The summed E-state index contributed by atoms with van der Waals surface area (Å²) in [7, 11) is 1.80. The first-order chi connectivity index (χ1) is 8.58. The summed E-state index contributed by atoms with van der Waals surface area (Å²) in [5, 5.41) is 16.9. The van der Waals surface area contributed by atoms with E-state index >= 15 is 0 Å². The van der Waals surface area contributed by atoms with Crippen LogP contribution in [0.1, 0.15) is 24.4 Å². The number of halogens is 1. The Morgan fingerprint density at radius 1 is 1.50 bits per heavy atom. The van der Waals surface area contributed by atoms with Crippen molar-refractivity contribution in [1.29, 1.82) is 0 Å². The molecule has 1 atom stereocenters. The highest BCUT2D eigenvalue weighted by Crippen LogP contribution is 2.22. The van der Waals surface area contributed by atoms with Gasteiger partial charge in [0.2, 0.25) is 0 Å². The van der Waals surface area contributed by atoms with E-state index < -0.39 is 11.9 Å². The Hall–Kier alpha value is -1.95. The van der Waals surface area contributed by atoms with E-state index in [4.69, 9.17) is 4.74 Å². The van der Waals surface area contributed by atoms with Crippen molar-refractivity contribution in [3.05, 3.63) is 41.7 Å². The van der Waals surface area contributed by atoms with Crippen LogP contribution in [-0.2, 0) is 13.7 Å². The van der Waals surface area contributed by atoms with Gasteiger partial charge in [-0.1, -0.05) is 0 Å². The summed E-state index contributed by atoms with van der Waals surface area (Å²) in [6.07, 6.45) is 0.730. The molecule has 1 aromatic heterocycles. The smallest absolute Gasteiger partial charge is 0.170 e. The molecule has 0 aliphatic carbocycles. The molecule has 6 heteroatoms. The zero-order chi connectivity index (χ0) is 13.1. The van der Waals surface area contributed by atoms with Crippen LogP contribution in [0.25, 0.3) is 0 Å². The molecule has 18 heavy (non-hydrogen) atoms.